The van der Waals surface area contributed by atoms with E-state index in [9.17, 15) is 18.0 Å². The van der Waals surface area contributed by atoms with Gasteiger partial charge in [0.25, 0.3) is 0 Å². The van der Waals surface area contributed by atoms with Gasteiger partial charge in [0.15, 0.2) is 11.5 Å². The molecule has 0 spiro atoms. The molecule has 1 rings (SSSR count). The number of hydrogen-bond donors (Lipinski definition) is 1. The molecule has 0 bridgehead atoms. The van der Waals surface area contributed by atoms with Gasteiger partial charge in [0.2, 0.25) is 0 Å². The van der Waals surface area contributed by atoms with Crippen LogP contribution >= 0.6 is 0 Å². The van der Waals surface area contributed by atoms with Crippen LogP contribution < -0.4 is 15.4 Å². The smallest absolute Gasteiger partial charge is 0.312 e. The van der Waals surface area contributed by atoms with Crippen LogP contribution in [0.2, 0.25) is 0 Å². The summed E-state index contributed by atoms with van der Waals surface area (Å²) in [5.41, 5.74) is 0. The van der Waals surface area contributed by atoms with Crippen LogP contribution in [0.15, 0.2) is 23.1 Å². The second kappa shape index (κ2) is 10.9. The fourth-order valence-electron chi connectivity index (χ4n) is 2.24. The summed E-state index contributed by atoms with van der Waals surface area (Å²) in [5, 5.41) is 0. The Hall–Kier alpha value is -1.97. The molecule has 0 aromatic heterocycles. The summed E-state index contributed by atoms with van der Waals surface area (Å²) in [5.74, 6) is 3.30. The van der Waals surface area contributed by atoms with Gasteiger partial charge in [-0.3, -0.25) is 9.59 Å². The molecule has 26 heavy (non-hydrogen) atoms. The van der Waals surface area contributed by atoms with Crippen molar-refractivity contribution in [2.45, 2.75) is 63.7 Å². The highest BCUT2D eigenvalue weighted by molar-refractivity contribution is 7.86. The van der Waals surface area contributed by atoms with Gasteiger partial charge in [0, 0.05) is 19.4 Å². The van der Waals surface area contributed by atoms with E-state index in [0.717, 1.165) is 44.7 Å². The topological polar surface area (TPSA) is 122 Å². The quantitative estimate of drug-likeness (QED) is 0.266. The molecule has 1 aromatic carbocycles. The summed E-state index contributed by atoms with van der Waals surface area (Å²) in [6.45, 7) is 3.27. The van der Waals surface area contributed by atoms with Crippen LogP contribution in [-0.4, -0.2) is 20.4 Å². The molecule has 0 aliphatic rings. The van der Waals surface area contributed by atoms with Crippen molar-refractivity contribution in [3.63, 3.8) is 0 Å². The molecule has 0 heterocycles. The van der Waals surface area contributed by atoms with Crippen LogP contribution in [0.1, 0.15) is 58.8 Å². The number of nitrogens with two attached hydrogens (primary N) is 1. The van der Waals surface area contributed by atoms with Crippen LogP contribution in [0.4, 0.5) is 0 Å². The molecule has 0 radical (unpaired) electrons. The lowest BCUT2D eigenvalue weighted by molar-refractivity contribution is -0.136. The first-order chi connectivity index (χ1) is 12.3. The summed E-state index contributed by atoms with van der Waals surface area (Å²) in [6.07, 6.45) is 6.38. The van der Waals surface area contributed by atoms with Crippen LogP contribution in [-0.2, 0) is 24.0 Å². The van der Waals surface area contributed by atoms with Crippen LogP contribution in [0.25, 0.3) is 0 Å². The zero-order valence-electron chi connectivity index (χ0n) is 15.0. The van der Waals surface area contributed by atoms with E-state index in [4.69, 9.17) is 15.4 Å². The van der Waals surface area contributed by atoms with E-state index in [1.807, 2.05) is 0 Å². The van der Waals surface area contributed by atoms with Gasteiger partial charge < -0.3 is 9.47 Å². The minimum atomic E-state index is -4.18. The molecule has 2 N–H and O–H groups in total. The van der Waals surface area contributed by atoms with Crippen LogP contribution in [0, 0.1) is 0 Å². The van der Waals surface area contributed by atoms with Crippen LogP contribution in [0.3, 0.4) is 0 Å². The van der Waals surface area contributed by atoms with Gasteiger partial charge in [-0.1, -0.05) is 39.0 Å². The lowest BCUT2D eigenvalue weighted by Crippen LogP contribution is -2.13. The molecule has 8 nitrogen and oxygen atoms in total. The van der Waals surface area contributed by atoms with Gasteiger partial charge in [-0.05, 0) is 18.6 Å². The molecular weight excluding hydrogens is 362 g/mol. The molecule has 0 aliphatic carbocycles. The number of unbranched alkanes of at least 4 members (excludes halogenated alkanes) is 5. The SMILES string of the molecule is CCCCCCCCC(=O)Oc1ccc(S(=O)(=O)ON)cc1OC(C)=O. The van der Waals surface area contributed by atoms with E-state index in [2.05, 4.69) is 11.2 Å². The second-order valence-corrected chi connectivity index (χ2v) is 7.32. The van der Waals surface area contributed by atoms with Crippen molar-refractivity contribution in [2.24, 2.45) is 5.90 Å². The van der Waals surface area contributed by atoms with E-state index >= 15 is 0 Å². The van der Waals surface area contributed by atoms with E-state index in [1.165, 1.54) is 12.5 Å². The van der Waals surface area contributed by atoms with E-state index in [0.29, 0.717) is 6.42 Å². The predicted octanol–water partition coefficient (Wildman–Crippen LogP) is 2.85. The minimum Gasteiger partial charge on any atom is -0.423 e. The Morgan fingerprint density at radius 3 is 2.27 bits per heavy atom. The molecule has 0 unspecified atom stereocenters. The molecule has 1 aromatic rings. The molecular formula is C17H25NO7S. The van der Waals surface area contributed by atoms with Crippen molar-refractivity contribution in [2.75, 3.05) is 0 Å². The molecule has 0 saturated heterocycles. The van der Waals surface area contributed by atoms with Gasteiger partial charge >= 0.3 is 22.1 Å². The monoisotopic (exact) mass is 387 g/mol. The lowest BCUT2D eigenvalue weighted by Gasteiger charge is -2.11. The maximum absolute atomic E-state index is 12.0. The Kier molecular flexibility index (Phi) is 9.25. The zero-order chi connectivity index (χ0) is 19.6. The average molecular weight is 387 g/mol. The van der Waals surface area contributed by atoms with Crippen molar-refractivity contribution in [3.8, 4) is 11.5 Å². The second-order valence-electron chi connectivity index (χ2n) is 5.74. The largest absolute Gasteiger partial charge is 0.423 e. The normalized spacial score (nSPS) is 11.2. The number of hydrogen-bond acceptors (Lipinski definition) is 8. The third-order valence-electron chi connectivity index (χ3n) is 3.54. The van der Waals surface area contributed by atoms with Crippen molar-refractivity contribution in [1.82, 2.24) is 0 Å². The molecule has 0 atom stereocenters. The molecule has 146 valence electrons. The van der Waals surface area contributed by atoms with E-state index < -0.39 is 22.1 Å². The minimum absolute atomic E-state index is 0.0489. The summed E-state index contributed by atoms with van der Waals surface area (Å²) in [4.78, 5) is 22.8. The molecule has 0 amide bonds. The average Bonchev–Trinajstić information content (AvgIpc) is 2.59. The first-order valence-corrected chi connectivity index (χ1v) is 9.87. The van der Waals surface area contributed by atoms with E-state index in [-0.39, 0.29) is 22.8 Å². The fraction of sp³-hybridized carbons (Fsp3) is 0.529. The predicted molar refractivity (Wildman–Crippen MR) is 93.8 cm³/mol. The lowest BCUT2D eigenvalue weighted by atomic mass is 10.1. The van der Waals surface area contributed by atoms with Crippen LogP contribution in [0.5, 0.6) is 11.5 Å². The Morgan fingerprint density at radius 1 is 1.00 bits per heavy atom. The Labute approximate surface area is 153 Å². The third-order valence-corrected chi connectivity index (χ3v) is 4.63. The standard InChI is InChI=1S/C17H25NO7S/c1-3-4-5-6-7-8-9-17(20)24-15-11-10-14(26(21,22)25-18)12-16(15)23-13(2)19/h10-12H,3-9,18H2,1-2H3. The summed E-state index contributed by atoms with van der Waals surface area (Å²) in [7, 11) is -4.18. The highest BCUT2D eigenvalue weighted by Gasteiger charge is 2.19. The number of benzene rings is 1. The van der Waals surface area contributed by atoms with Crippen molar-refractivity contribution < 1.29 is 31.8 Å². The highest BCUT2D eigenvalue weighted by Crippen LogP contribution is 2.31. The van der Waals surface area contributed by atoms with Crippen molar-refractivity contribution in [1.29, 1.82) is 0 Å². The number of carbonyl (C=O) groups is 2. The number of esters is 2. The summed E-state index contributed by atoms with van der Waals surface area (Å²) < 4.78 is 37.3. The number of carbonyl (C=O) groups excluding carboxylic acids is 2. The highest BCUT2D eigenvalue weighted by atomic mass is 32.2. The summed E-state index contributed by atoms with van der Waals surface area (Å²) in [6, 6.07) is 3.36. The van der Waals surface area contributed by atoms with Crippen molar-refractivity contribution in [3.05, 3.63) is 18.2 Å². The molecule has 0 saturated carbocycles. The number of ether oxygens (including phenoxy) is 2. The Morgan fingerprint density at radius 2 is 1.65 bits per heavy atom. The van der Waals surface area contributed by atoms with Crippen molar-refractivity contribution >= 4 is 22.1 Å². The number of rotatable bonds is 11. The Balaban J connectivity index is 2.75. The van der Waals surface area contributed by atoms with Gasteiger partial charge in [0.05, 0.1) is 4.90 Å². The Bertz CT molecular complexity index is 716. The first kappa shape index (κ1) is 22.1. The first-order valence-electron chi connectivity index (χ1n) is 8.46. The maximum atomic E-state index is 12.0. The molecule has 9 heteroatoms. The van der Waals surface area contributed by atoms with Gasteiger partial charge in [-0.25, -0.2) is 0 Å². The summed E-state index contributed by atoms with van der Waals surface area (Å²) >= 11 is 0. The third kappa shape index (κ3) is 7.51. The van der Waals surface area contributed by atoms with Gasteiger partial charge in [-0.2, -0.15) is 18.6 Å². The van der Waals surface area contributed by atoms with E-state index in [1.54, 1.807) is 0 Å². The van der Waals surface area contributed by atoms with Gasteiger partial charge in [0.1, 0.15) is 0 Å². The van der Waals surface area contributed by atoms with Gasteiger partial charge in [-0.15, -0.1) is 0 Å². The molecule has 0 aliphatic heterocycles. The zero-order valence-corrected chi connectivity index (χ0v) is 15.8. The molecule has 0 fully saturated rings. The fourth-order valence-corrected chi connectivity index (χ4v) is 2.84. The maximum Gasteiger partial charge on any atom is 0.312 e.